The fourth-order valence-electron chi connectivity index (χ4n) is 4.54. The molecule has 0 aliphatic carbocycles. The monoisotopic (exact) mass is 476 g/mol. The molecule has 0 unspecified atom stereocenters. The third kappa shape index (κ3) is 6.36. The second-order valence-corrected chi connectivity index (χ2v) is 11.0. The van der Waals surface area contributed by atoms with E-state index in [9.17, 15) is 19.7 Å². The molecule has 1 amide bonds. The average Bonchev–Trinajstić information content (AvgIpc) is 2.69. The first-order valence-electron chi connectivity index (χ1n) is 11.9. The van der Waals surface area contributed by atoms with Crippen LogP contribution in [0.1, 0.15) is 72.8 Å². The van der Waals surface area contributed by atoms with Gasteiger partial charge in [-0.05, 0) is 73.1 Å². The number of hydrogen-bond acceptors (Lipinski definition) is 8. The van der Waals surface area contributed by atoms with E-state index >= 15 is 0 Å². The minimum atomic E-state index is -0.667. The second kappa shape index (κ2) is 9.76. The molecule has 10 heteroatoms. The lowest BCUT2D eigenvalue weighted by Crippen LogP contribution is -2.42. The van der Waals surface area contributed by atoms with Crippen LogP contribution in [0.25, 0.3) is 0 Å². The van der Waals surface area contributed by atoms with E-state index in [0.717, 1.165) is 12.8 Å². The number of aromatic nitrogens is 1. The van der Waals surface area contributed by atoms with Crippen molar-refractivity contribution >= 4 is 29.3 Å². The quantitative estimate of drug-likeness (QED) is 0.351. The number of carbonyl (C=O) groups excluding carboxylic acids is 2. The lowest BCUT2D eigenvalue weighted by Gasteiger charge is -2.37. The van der Waals surface area contributed by atoms with Crippen molar-refractivity contribution in [1.29, 1.82) is 0 Å². The van der Waals surface area contributed by atoms with Crippen LogP contribution in [0.4, 0.5) is 22.0 Å². The van der Waals surface area contributed by atoms with Crippen LogP contribution in [0.2, 0.25) is 0 Å². The molecule has 0 bridgehead atoms. The summed E-state index contributed by atoms with van der Waals surface area (Å²) in [5.41, 5.74) is -0.122. The van der Waals surface area contributed by atoms with Crippen LogP contribution < -0.4 is 9.80 Å². The highest BCUT2D eigenvalue weighted by molar-refractivity contribution is 5.90. The van der Waals surface area contributed by atoms with Gasteiger partial charge >= 0.3 is 17.7 Å². The van der Waals surface area contributed by atoms with Crippen LogP contribution >= 0.6 is 0 Å². The molecule has 0 saturated carbocycles. The van der Waals surface area contributed by atoms with Crippen molar-refractivity contribution in [3.63, 3.8) is 0 Å². The SMILES string of the molecule is CC(C)(C)OC(=O)C[C@H]1CCCN(c2c([N+](=O)[O-])cnc3c2CCCN3C(=O)OC(C)(C)C)C1. The van der Waals surface area contributed by atoms with Gasteiger partial charge in [-0.25, -0.2) is 9.78 Å². The maximum atomic E-state index is 12.8. The first-order valence-corrected chi connectivity index (χ1v) is 11.9. The molecule has 34 heavy (non-hydrogen) atoms. The largest absolute Gasteiger partial charge is 0.460 e. The molecule has 1 atom stereocenters. The number of fused-ring (bicyclic) bond motifs is 1. The molecule has 1 aromatic heterocycles. The van der Waals surface area contributed by atoms with Crippen molar-refractivity contribution in [3.05, 3.63) is 21.9 Å². The Morgan fingerprint density at radius 1 is 1.12 bits per heavy atom. The Morgan fingerprint density at radius 2 is 1.79 bits per heavy atom. The summed E-state index contributed by atoms with van der Waals surface area (Å²) in [5.74, 6) is 0.176. The molecular formula is C24H36N4O6. The molecule has 0 spiro atoms. The molecule has 1 aromatic rings. The Labute approximate surface area is 200 Å². The molecule has 0 radical (unpaired) electrons. The Kier molecular flexibility index (Phi) is 7.38. The smallest absolute Gasteiger partial charge is 0.416 e. The predicted molar refractivity (Wildman–Crippen MR) is 128 cm³/mol. The van der Waals surface area contributed by atoms with Crippen molar-refractivity contribution in [1.82, 2.24) is 4.98 Å². The van der Waals surface area contributed by atoms with Gasteiger partial charge in [-0.15, -0.1) is 0 Å². The highest BCUT2D eigenvalue weighted by atomic mass is 16.6. The lowest BCUT2D eigenvalue weighted by molar-refractivity contribution is -0.384. The van der Waals surface area contributed by atoms with Gasteiger partial charge in [0.2, 0.25) is 0 Å². The van der Waals surface area contributed by atoms with E-state index in [0.29, 0.717) is 49.5 Å². The molecule has 10 nitrogen and oxygen atoms in total. The highest BCUT2D eigenvalue weighted by Crippen LogP contribution is 2.41. The van der Waals surface area contributed by atoms with Gasteiger partial charge in [-0.3, -0.25) is 19.8 Å². The van der Waals surface area contributed by atoms with E-state index in [1.54, 1.807) is 20.8 Å². The molecule has 1 saturated heterocycles. The maximum absolute atomic E-state index is 12.8. The number of hydrogen-bond donors (Lipinski definition) is 0. The number of pyridine rings is 1. The van der Waals surface area contributed by atoms with Gasteiger partial charge in [0.25, 0.3) is 0 Å². The average molecular weight is 477 g/mol. The predicted octanol–water partition coefficient (Wildman–Crippen LogP) is 4.63. The Morgan fingerprint density at radius 3 is 2.41 bits per heavy atom. The molecule has 0 N–H and O–H groups in total. The minimum absolute atomic E-state index is 0.0255. The third-order valence-corrected chi connectivity index (χ3v) is 5.69. The molecular weight excluding hydrogens is 440 g/mol. The topological polar surface area (TPSA) is 115 Å². The summed E-state index contributed by atoms with van der Waals surface area (Å²) in [6.45, 7) is 12.5. The van der Waals surface area contributed by atoms with Crippen molar-refractivity contribution in [2.45, 2.75) is 84.8 Å². The molecule has 3 heterocycles. The van der Waals surface area contributed by atoms with Crippen LogP contribution in [0, 0.1) is 16.0 Å². The summed E-state index contributed by atoms with van der Waals surface area (Å²) in [4.78, 5) is 44.5. The van der Waals surface area contributed by atoms with Gasteiger partial charge in [0.1, 0.15) is 28.9 Å². The minimum Gasteiger partial charge on any atom is -0.460 e. The van der Waals surface area contributed by atoms with Crippen LogP contribution in [0.5, 0.6) is 0 Å². The molecule has 2 aliphatic heterocycles. The van der Waals surface area contributed by atoms with Crippen LogP contribution in [0.3, 0.4) is 0 Å². The summed E-state index contributed by atoms with van der Waals surface area (Å²) in [7, 11) is 0. The van der Waals surface area contributed by atoms with Gasteiger partial charge in [0.15, 0.2) is 0 Å². The second-order valence-electron chi connectivity index (χ2n) is 11.0. The number of amides is 1. The first-order chi connectivity index (χ1) is 15.7. The van der Waals surface area contributed by atoms with Crippen molar-refractivity contribution < 1.29 is 24.0 Å². The number of ether oxygens (including phenoxy) is 2. The molecule has 188 valence electrons. The van der Waals surface area contributed by atoms with E-state index in [-0.39, 0.29) is 24.0 Å². The number of nitrogens with zero attached hydrogens (tertiary/aromatic N) is 4. The van der Waals surface area contributed by atoms with Crippen molar-refractivity contribution in [2.75, 3.05) is 29.4 Å². The Balaban J connectivity index is 1.91. The number of esters is 1. The van der Waals surface area contributed by atoms with Crippen molar-refractivity contribution in [2.24, 2.45) is 5.92 Å². The third-order valence-electron chi connectivity index (χ3n) is 5.69. The normalized spacial score (nSPS) is 18.8. The van der Waals surface area contributed by atoms with E-state index in [1.165, 1.54) is 11.1 Å². The van der Waals surface area contributed by atoms with Crippen molar-refractivity contribution in [3.8, 4) is 0 Å². The summed E-state index contributed by atoms with van der Waals surface area (Å²) in [6, 6.07) is 0. The number of nitro groups is 1. The van der Waals surface area contributed by atoms with Crippen LogP contribution in [-0.4, -0.2) is 52.8 Å². The Bertz CT molecular complexity index is 950. The number of rotatable bonds is 4. The summed E-state index contributed by atoms with van der Waals surface area (Å²) < 4.78 is 11.0. The lowest BCUT2D eigenvalue weighted by atomic mass is 9.93. The van der Waals surface area contributed by atoms with Crippen LogP contribution in [0.15, 0.2) is 6.20 Å². The fourth-order valence-corrected chi connectivity index (χ4v) is 4.54. The fraction of sp³-hybridized carbons (Fsp3) is 0.708. The molecule has 1 fully saturated rings. The highest BCUT2D eigenvalue weighted by Gasteiger charge is 2.36. The van der Waals surface area contributed by atoms with E-state index in [4.69, 9.17) is 9.47 Å². The Hall–Kier alpha value is -2.91. The zero-order valence-electron chi connectivity index (χ0n) is 21.0. The molecule has 3 rings (SSSR count). The number of anilines is 2. The number of piperidine rings is 1. The first kappa shape index (κ1) is 25.7. The van der Waals surface area contributed by atoms with Gasteiger partial charge in [-0.2, -0.15) is 0 Å². The number of carbonyl (C=O) groups is 2. The zero-order chi connectivity index (χ0) is 25.3. The van der Waals surface area contributed by atoms with Gasteiger partial charge in [-0.1, -0.05) is 0 Å². The van der Waals surface area contributed by atoms with Gasteiger partial charge in [0.05, 0.1) is 11.3 Å². The summed E-state index contributed by atoms with van der Waals surface area (Å²) >= 11 is 0. The van der Waals surface area contributed by atoms with Crippen LogP contribution in [-0.2, 0) is 20.7 Å². The zero-order valence-corrected chi connectivity index (χ0v) is 21.0. The maximum Gasteiger partial charge on any atom is 0.416 e. The summed E-state index contributed by atoms with van der Waals surface area (Å²) in [6.07, 6.45) is 3.86. The summed E-state index contributed by atoms with van der Waals surface area (Å²) in [5, 5.41) is 11.9. The van der Waals surface area contributed by atoms with E-state index in [1.807, 2.05) is 25.7 Å². The molecule has 0 aromatic carbocycles. The molecule has 2 aliphatic rings. The van der Waals surface area contributed by atoms with E-state index in [2.05, 4.69) is 4.98 Å². The van der Waals surface area contributed by atoms with E-state index < -0.39 is 22.2 Å². The standard InChI is InChI=1S/C24H36N4O6/c1-23(2,3)33-19(29)13-16-9-7-11-26(15-16)20-17-10-8-12-27(22(30)34-24(4,5)6)21(17)25-14-18(20)28(31)32/h14,16H,7-13,15H2,1-6H3/t16-/m1/s1. The van der Waals surface area contributed by atoms with Gasteiger partial charge < -0.3 is 14.4 Å². The van der Waals surface area contributed by atoms with Gasteiger partial charge in [0, 0.05) is 25.2 Å².